The van der Waals surface area contributed by atoms with Crippen LogP contribution in [0.1, 0.15) is 19.4 Å². The number of rotatable bonds is 4. The van der Waals surface area contributed by atoms with Gasteiger partial charge in [-0.2, -0.15) is 4.90 Å². The van der Waals surface area contributed by atoms with Crippen molar-refractivity contribution in [1.82, 2.24) is 4.57 Å². The van der Waals surface area contributed by atoms with Gasteiger partial charge in [0.15, 0.2) is 0 Å². The second-order valence-electron chi connectivity index (χ2n) is 8.76. The van der Waals surface area contributed by atoms with Crippen LogP contribution in [0.15, 0.2) is 91.5 Å². The van der Waals surface area contributed by atoms with Crippen molar-refractivity contribution in [1.29, 1.82) is 0 Å². The van der Waals surface area contributed by atoms with E-state index in [1.165, 1.54) is 11.3 Å². The number of ether oxygens (including phenoxy) is 1. The molecule has 32 heavy (non-hydrogen) atoms. The highest BCUT2D eigenvalue weighted by Gasteiger charge is 2.37. The monoisotopic (exact) mass is 424 g/mol. The summed E-state index contributed by atoms with van der Waals surface area (Å²) in [5, 5.41) is 0. The molecular formula is C27H28N4O+2. The molecule has 5 rings (SSSR count). The summed E-state index contributed by atoms with van der Waals surface area (Å²) in [6.07, 6.45) is 8.24. The third-order valence-corrected chi connectivity index (χ3v) is 6.21. The lowest BCUT2D eigenvalue weighted by Crippen LogP contribution is -2.41. The van der Waals surface area contributed by atoms with E-state index < -0.39 is 0 Å². The number of para-hydroxylation sites is 1. The number of hydrogen-bond acceptors (Lipinski definition) is 2. The van der Waals surface area contributed by atoms with E-state index in [9.17, 15) is 0 Å². The van der Waals surface area contributed by atoms with Gasteiger partial charge >= 0.3 is 0 Å². The third-order valence-electron chi connectivity index (χ3n) is 6.21. The van der Waals surface area contributed by atoms with Crippen molar-refractivity contribution in [2.75, 3.05) is 11.9 Å². The maximum absolute atomic E-state index is 6.26. The van der Waals surface area contributed by atoms with Crippen LogP contribution < -0.4 is 14.2 Å². The number of anilines is 2. The van der Waals surface area contributed by atoms with Crippen molar-refractivity contribution in [3.63, 3.8) is 0 Å². The van der Waals surface area contributed by atoms with Crippen LogP contribution in [0.4, 0.5) is 11.4 Å². The molecule has 1 aromatic heterocycles. The van der Waals surface area contributed by atoms with Gasteiger partial charge in [0, 0.05) is 17.7 Å². The fraction of sp³-hybridized carbons (Fsp3) is 0.185. The number of hydrogen-bond donors (Lipinski definition) is 0. The highest BCUT2D eigenvalue weighted by atomic mass is 16.5. The summed E-state index contributed by atoms with van der Waals surface area (Å²) in [5.41, 5.74) is 4.53. The molecule has 0 aliphatic carbocycles. The minimum absolute atomic E-state index is 0.0727. The fourth-order valence-electron chi connectivity index (χ4n) is 4.12. The second kappa shape index (κ2) is 7.68. The van der Waals surface area contributed by atoms with Crippen LogP contribution in [0.25, 0.3) is 5.69 Å². The molecule has 0 fully saturated rings. The second-order valence-corrected chi connectivity index (χ2v) is 8.76. The zero-order valence-corrected chi connectivity index (χ0v) is 18.9. The maximum atomic E-state index is 6.26. The van der Waals surface area contributed by atoms with Gasteiger partial charge in [0.1, 0.15) is 46.5 Å². The molecule has 160 valence electrons. The van der Waals surface area contributed by atoms with E-state index in [1.54, 1.807) is 0 Å². The Balaban J connectivity index is 1.47. The molecule has 0 unspecified atom stereocenters. The zero-order valence-electron chi connectivity index (χ0n) is 18.9. The average molecular weight is 425 g/mol. The molecule has 0 saturated carbocycles. The number of aryl methyl sites for hydroxylation is 1. The molecule has 0 spiro atoms. The molecule has 4 aromatic rings. The molecule has 0 amide bonds. The van der Waals surface area contributed by atoms with Gasteiger partial charge in [-0.3, -0.25) is 4.58 Å². The Kier molecular flexibility index (Phi) is 4.82. The van der Waals surface area contributed by atoms with Crippen molar-refractivity contribution in [2.24, 2.45) is 7.05 Å². The first-order valence-corrected chi connectivity index (χ1v) is 10.8. The van der Waals surface area contributed by atoms with Crippen molar-refractivity contribution in [3.05, 3.63) is 97.1 Å². The first-order chi connectivity index (χ1) is 15.4. The SMILES string of the molecule is C[N+]1=CN(c2cccc(Oc3cccc(-n4cc[n+](C)c4)c3)c2)c2ccccc2C1(C)C. The number of imidazole rings is 1. The van der Waals surface area contributed by atoms with Crippen molar-refractivity contribution in [3.8, 4) is 17.2 Å². The molecule has 1 aliphatic heterocycles. The van der Waals surface area contributed by atoms with Crippen molar-refractivity contribution >= 4 is 17.7 Å². The molecule has 0 N–H and O–H groups in total. The van der Waals surface area contributed by atoms with E-state index in [2.05, 4.69) is 83.7 Å². The van der Waals surface area contributed by atoms with E-state index in [1.807, 2.05) is 60.7 Å². The third kappa shape index (κ3) is 3.56. The lowest BCUT2D eigenvalue weighted by molar-refractivity contribution is -0.670. The van der Waals surface area contributed by atoms with Crippen LogP contribution in [0.5, 0.6) is 11.5 Å². The Morgan fingerprint density at radius 3 is 2.22 bits per heavy atom. The average Bonchev–Trinajstić information content (AvgIpc) is 3.23. The van der Waals surface area contributed by atoms with Crippen LogP contribution in [0.2, 0.25) is 0 Å². The topological polar surface area (TPSA) is 24.3 Å². The fourth-order valence-corrected chi connectivity index (χ4v) is 4.12. The van der Waals surface area contributed by atoms with Gasteiger partial charge in [-0.1, -0.05) is 30.3 Å². The van der Waals surface area contributed by atoms with Gasteiger partial charge in [-0.15, -0.1) is 0 Å². The highest BCUT2D eigenvalue weighted by Crippen LogP contribution is 2.39. The summed E-state index contributed by atoms with van der Waals surface area (Å²) in [7, 11) is 4.13. The number of aromatic nitrogens is 2. The van der Waals surface area contributed by atoms with E-state index in [-0.39, 0.29) is 5.54 Å². The summed E-state index contributed by atoms with van der Waals surface area (Å²) >= 11 is 0. The highest BCUT2D eigenvalue weighted by molar-refractivity contribution is 5.90. The quantitative estimate of drug-likeness (QED) is 0.423. The molecule has 0 bridgehead atoms. The number of fused-ring (bicyclic) bond motifs is 1. The number of benzene rings is 3. The molecule has 0 saturated heterocycles. The van der Waals surface area contributed by atoms with Crippen molar-refractivity contribution in [2.45, 2.75) is 19.4 Å². The molecule has 5 heteroatoms. The van der Waals surface area contributed by atoms with Gasteiger partial charge in [0.2, 0.25) is 12.7 Å². The molecule has 3 aromatic carbocycles. The first kappa shape index (κ1) is 20.1. The largest absolute Gasteiger partial charge is 0.457 e. The van der Waals surface area contributed by atoms with Gasteiger partial charge in [0.25, 0.3) is 0 Å². The Bertz CT molecular complexity index is 1320. The van der Waals surface area contributed by atoms with E-state index >= 15 is 0 Å². The normalized spacial score (nSPS) is 14.6. The van der Waals surface area contributed by atoms with Crippen LogP contribution in [0.3, 0.4) is 0 Å². The summed E-state index contributed by atoms with van der Waals surface area (Å²) in [6, 6.07) is 24.9. The van der Waals surface area contributed by atoms with Gasteiger partial charge in [0.05, 0.1) is 14.1 Å². The molecule has 1 aliphatic rings. The van der Waals surface area contributed by atoms with E-state index in [0.717, 1.165) is 22.9 Å². The van der Waals surface area contributed by atoms with Crippen LogP contribution in [0, 0.1) is 0 Å². The minimum atomic E-state index is -0.0727. The lowest BCUT2D eigenvalue weighted by Gasteiger charge is -2.33. The summed E-state index contributed by atoms with van der Waals surface area (Å²) < 4.78 is 12.6. The van der Waals surface area contributed by atoms with E-state index in [4.69, 9.17) is 4.74 Å². The molecular weight excluding hydrogens is 396 g/mol. The van der Waals surface area contributed by atoms with E-state index in [0.29, 0.717) is 0 Å². The Morgan fingerprint density at radius 1 is 0.812 bits per heavy atom. The van der Waals surface area contributed by atoms with Gasteiger partial charge in [-0.05, 0) is 44.2 Å². The van der Waals surface area contributed by atoms with Gasteiger partial charge in [-0.25, -0.2) is 9.13 Å². The summed E-state index contributed by atoms with van der Waals surface area (Å²) in [5.74, 6) is 1.60. The predicted molar refractivity (Wildman–Crippen MR) is 127 cm³/mol. The molecule has 0 radical (unpaired) electrons. The molecule has 5 nitrogen and oxygen atoms in total. The van der Waals surface area contributed by atoms with Crippen molar-refractivity contribution < 1.29 is 13.9 Å². The zero-order chi connectivity index (χ0) is 22.3. The lowest BCUT2D eigenvalue weighted by atomic mass is 9.90. The Hall–Kier alpha value is -3.86. The molecule has 2 heterocycles. The Morgan fingerprint density at radius 2 is 1.50 bits per heavy atom. The summed E-state index contributed by atoms with van der Waals surface area (Å²) in [6.45, 7) is 4.49. The van der Waals surface area contributed by atoms with Crippen LogP contribution >= 0.6 is 0 Å². The van der Waals surface area contributed by atoms with Crippen LogP contribution in [-0.4, -0.2) is 22.5 Å². The van der Waals surface area contributed by atoms with Gasteiger partial charge < -0.3 is 4.74 Å². The predicted octanol–water partition coefficient (Wildman–Crippen LogP) is 5.15. The molecule has 0 atom stereocenters. The summed E-state index contributed by atoms with van der Waals surface area (Å²) in [4.78, 5) is 2.23. The maximum Gasteiger partial charge on any atom is 0.248 e. The smallest absolute Gasteiger partial charge is 0.248 e. The van der Waals surface area contributed by atoms with Crippen LogP contribution in [-0.2, 0) is 12.6 Å². The number of nitrogens with zero attached hydrogens (tertiary/aromatic N) is 4. The standard InChI is InChI=1S/C27H28N4O/c1-27(2)25-13-5-6-14-26(25)31(20-29(27)4)22-10-8-12-24(18-22)32-23-11-7-9-21(17-23)30-16-15-28(3)19-30/h5-20H,1-4H3/q+2. The first-order valence-electron chi connectivity index (χ1n) is 10.8. The Labute approximate surface area is 189 Å². The minimum Gasteiger partial charge on any atom is -0.457 e.